The maximum atomic E-state index is 12.6. The van der Waals surface area contributed by atoms with Crippen molar-refractivity contribution < 1.29 is 14.3 Å². The molecular formula is C20H16N2O3S. The highest BCUT2D eigenvalue weighted by molar-refractivity contribution is 7.22. The molecular weight excluding hydrogens is 348 g/mol. The number of carbonyl (C=O) groups excluding carboxylic acids is 1. The zero-order valence-corrected chi connectivity index (χ0v) is 15.1. The maximum Gasteiger partial charge on any atom is 0.257 e. The number of nitrogens with one attached hydrogen (secondary N) is 1. The first-order valence-corrected chi connectivity index (χ1v) is 8.83. The van der Waals surface area contributed by atoms with Gasteiger partial charge in [0.2, 0.25) is 0 Å². The number of hydrogen-bond donors (Lipinski definition) is 1. The molecule has 0 saturated carbocycles. The fourth-order valence-electron chi connectivity index (χ4n) is 2.84. The van der Waals surface area contributed by atoms with E-state index in [2.05, 4.69) is 10.3 Å². The molecule has 6 heteroatoms. The highest BCUT2D eigenvalue weighted by atomic mass is 32.1. The molecule has 1 aromatic heterocycles. The Kier molecular flexibility index (Phi) is 4.18. The first-order valence-electron chi connectivity index (χ1n) is 8.01. The van der Waals surface area contributed by atoms with E-state index in [4.69, 9.17) is 9.47 Å². The predicted octanol–water partition coefficient (Wildman–Crippen LogP) is 4.72. The number of benzene rings is 3. The molecule has 0 aliphatic heterocycles. The van der Waals surface area contributed by atoms with Crippen molar-refractivity contribution in [3.05, 3.63) is 60.2 Å². The Morgan fingerprint density at radius 2 is 1.69 bits per heavy atom. The molecule has 0 aliphatic rings. The molecule has 1 N–H and O–H groups in total. The van der Waals surface area contributed by atoms with E-state index in [0.717, 1.165) is 15.5 Å². The number of carbonyl (C=O) groups is 1. The molecule has 0 radical (unpaired) electrons. The molecule has 0 saturated heterocycles. The number of hydrogen-bond acceptors (Lipinski definition) is 5. The lowest BCUT2D eigenvalue weighted by Crippen LogP contribution is -2.11. The predicted molar refractivity (Wildman–Crippen MR) is 105 cm³/mol. The van der Waals surface area contributed by atoms with Gasteiger partial charge in [-0.1, -0.05) is 41.7 Å². The minimum absolute atomic E-state index is 0.201. The number of thiazole rings is 1. The summed E-state index contributed by atoms with van der Waals surface area (Å²) in [6, 6.07) is 17.2. The van der Waals surface area contributed by atoms with Crippen LogP contribution in [-0.4, -0.2) is 25.1 Å². The number of ether oxygens (including phenoxy) is 2. The molecule has 130 valence electrons. The van der Waals surface area contributed by atoms with Gasteiger partial charge in [0.25, 0.3) is 5.91 Å². The van der Waals surface area contributed by atoms with Crippen molar-refractivity contribution >= 4 is 43.4 Å². The van der Waals surface area contributed by atoms with Crippen LogP contribution in [-0.2, 0) is 0 Å². The Morgan fingerprint density at radius 3 is 2.46 bits per heavy atom. The average molecular weight is 364 g/mol. The third kappa shape index (κ3) is 2.84. The largest absolute Gasteiger partial charge is 0.495 e. The van der Waals surface area contributed by atoms with Gasteiger partial charge < -0.3 is 9.47 Å². The Bertz CT molecular complexity index is 1080. The minimum atomic E-state index is -0.201. The summed E-state index contributed by atoms with van der Waals surface area (Å²) in [6.07, 6.45) is 0. The van der Waals surface area contributed by atoms with Crippen molar-refractivity contribution in [3.8, 4) is 11.5 Å². The second kappa shape index (κ2) is 6.65. The Hall–Kier alpha value is -3.12. The summed E-state index contributed by atoms with van der Waals surface area (Å²) in [5.74, 6) is 1.14. The van der Waals surface area contributed by atoms with Crippen LogP contribution in [0.4, 0.5) is 5.13 Å². The van der Waals surface area contributed by atoms with Crippen LogP contribution in [0.25, 0.3) is 21.0 Å². The Labute approximate surface area is 154 Å². The van der Waals surface area contributed by atoms with Crippen molar-refractivity contribution in [3.63, 3.8) is 0 Å². The highest BCUT2D eigenvalue weighted by Crippen LogP contribution is 2.38. The first kappa shape index (κ1) is 16.4. The molecule has 26 heavy (non-hydrogen) atoms. The lowest BCUT2D eigenvalue weighted by molar-refractivity contribution is 0.102. The first-order chi connectivity index (χ1) is 12.7. The van der Waals surface area contributed by atoms with Crippen LogP contribution in [0.1, 0.15) is 10.4 Å². The molecule has 0 unspecified atom stereocenters. The van der Waals surface area contributed by atoms with Crippen LogP contribution >= 0.6 is 11.3 Å². The van der Waals surface area contributed by atoms with Crippen LogP contribution in [0.5, 0.6) is 11.5 Å². The number of methoxy groups -OCH3 is 2. The fraction of sp³-hybridized carbons (Fsp3) is 0.100. The maximum absolute atomic E-state index is 12.6. The molecule has 4 aromatic rings. The van der Waals surface area contributed by atoms with Gasteiger partial charge >= 0.3 is 0 Å². The standard InChI is InChI=1S/C20H16N2O3S/c1-24-15-9-10-16(25-2)18-17(15)21-20(26-18)22-19(23)14-8-7-12-5-3-4-6-13(12)11-14/h3-11H,1-2H3,(H,21,22,23). The molecule has 1 amide bonds. The van der Waals surface area contributed by atoms with Crippen LogP contribution < -0.4 is 14.8 Å². The lowest BCUT2D eigenvalue weighted by atomic mass is 10.1. The second-order valence-electron chi connectivity index (χ2n) is 5.68. The van der Waals surface area contributed by atoms with E-state index >= 15 is 0 Å². The number of anilines is 1. The number of fused-ring (bicyclic) bond motifs is 2. The zero-order chi connectivity index (χ0) is 18.1. The van der Waals surface area contributed by atoms with E-state index in [1.54, 1.807) is 20.3 Å². The zero-order valence-electron chi connectivity index (χ0n) is 14.3. The summed E-state index contributed by atoms with van der Waals surface area (Å²) in [6.45, 7) is 0. The molecule has 0 spiro atoms. The molecule has 0 aliphatic carbocycles. The Morgan fingerprint density at radius 1 is 0.962 bits per heavy atom. The molecule has 0 fully saturated rings. The van der Waals surface area contributed by atoms with Crippen molar-refractivity contribution in [2.45, 2.75) is 0 Å². The monoisotopic (exact) mass is 364 g/mol. The average Bonchev–Trinajstić information content (AvgIpc) is 3.10. The normalized spacial score (nSPS) is 10.8. The third-order valence-electron chi connectivity index (χ3n) is 4.14. The van der Waals surface area contributed by atoms with E-state index in [9.17, 15) is 4.79 Å². The molecule has 3 aromatic carbocycles. The smallest absolute Gasteiger partial charge is 0.257 e. The minimum Gasteiger partial charge on any atom is -0.495 e. The van der Waals surface area contributed by atoms with Crippen LogP contribution in [0.15, 0.2) is 54.6 Å². The molecule has 4 rings (SSSR count). The van der Waals surface area contributed by atoms with Crippen LogP contribution in [0.2, 0.25) is 0 Å². The summed E-state index contributed by atoms with van der Waals surface area (Å²) in [5, 5.41) is 5.49. The fourth-order valence-corrected chi connectivity index (χ4v) is 3.81. The van der Waals surface area contributed by atoms with Crippen LogP contribution in [0, 0.1) is 0 Å². The third-order valence-corrected chi connectivity index (χ3v) is 5.13. The quantitative estimate of drug-likeness (QED) is 0.569. The van der Waals surface area contributed by atoms with Gasteiger partial charge in [0.1, 0.15) is 21.7 Å². The van der Waals surface area contributed by atoms with Gasteiger partial charge in [-0.3, -0.25) is 10.1 Å². The van der Waals surface area contributed by atoms with E-state index in [0.29, 0.717) is 27.7 Å². The number of nitrogens with zero attached hydrogens (tertiary/aromatic N) is 1. The van der Waals surface area contributed by atoms with Crippen molar-refractivity contribution in [2.75, 3.05) is 19.5 Å². The van der Waals surface area contributed by atoms with Gasteiger partial charge in [-0.25, -0.2) is 4.98 Å². The van der Waals surface area contributed by atoms with Gasteiger partial charge in [-0.2, -0.15) is 0 Å². The summed E-state index contributed by atoms with van der Waals surface area (Å²) < 4.78 is 11.6. The number of amides is 1. The van der Waals surface area contributed by atoms with Gasteiger partial charge in [-0.05, 0) is 35.0 Å². The summed E-state index contributed by atoms with van der Waals surface area (Å²) in [7, 11) is 3.20. The molecule has 5 nitrogen and oxygen atoms in total. The lowest BCUT2D eigenvalue weighted by Gasteiger charge is -2.03. The topological polar surface area (TPSA) is 60.5 Å². The van der Waals surface area contributed by atoms with Crippen molar-refractivity contribution in [2.24, 2.45) is 0 Å². The van der Waals surface area contributed by atoms with Gasteiger partial charge in [0, 0.05) is 5.56 Å². The van der Waals surface area contributed by atoms with E-state index in [1.807, 2.05) is 48.5 Å². The van der Waals surface area contributed by atoms with E-state index in [1.165, 1.54) is 11.3 Å². The van der Waals surface area contributed by atoms with Crippen molar-refractivity contribution in [1.29, 1.82) is 0 Å². The summed E-state index contributed by atoms with van der Waals surface area (Å²) in [5.41, 5.74) is 1.26. The Balaban J connectivity index is 1.68. The van der Waals surface area contributed by atoms with E-state index < -0.39 is 0 Å². The SMILES string of the molecule is COc1ccc(OC)c2sc(NC(=O)c3ccc4ccccc4c3)nc12. The molecule has 1 heterocycles. The van der Waals surface area contributed by atoms with Gasteiger partial charge in [-0.15, -0.1) is 0 Å². The second-order valence-corrected chi connectivity index (χ2v) is 6.68. The van der Waals surface area contributed by atoms with Crippen LogP contribution in [0.3, 0.4) is 0 Å². The number of aromatic nitrogens is 1. The molecule has 0 bridgehead atoms. The number of rotatable bonds is 4. The molecule has 0 atom stereocenters. The van der Waals surface area contributed by atoms with Gasteiger partial charge in [0.15, 0.2) is 5.13 Å². The van der Waals surface area contributed by atoms with Crippen molar-refractivity contribution in [1.82, 2.24) is 4.98 Å². The van der Waals surface area contributed by atoms with E-state index in [-0.39, 0.29) is 5.91 Å². The van der Waals surface area contributed by atoms with Gasteiger partial charge in [0.05, 0.1) is 14.2 Å². The summed E-state index contributed by atoms with van der Waals surface area (Å²) in [4.78, 5) is 17.1. The highest BCUT2D eigenvalue weighted by Gasteiger charge is 2.16. The summed E-state index contributed by atoms with van der Waals surface area (Å²) >= 11 is 1.36.